The van der Waals surface area contributed by atoms with Crippen molar-refractivity contribution >= 4 is 14.0 Å². The quantitative estimate of drug-likeness (QED) is 0.529. The van der Waals surface area contributed by atoms with E-state index in [4.69, 9.17) is 5.11 Å². The summed E-state index contributed by atoms with van der Waals surface area (Å²) in [7, 11) is -0.969. The first-order valence-electron chi connectivity index (χ1n) is 4.28. The van der Waals surface area contributed by atoms with Crippen LogP contribution in [0.4, 0.5) is 0 Å². The van der Waals surface area contributed by atoms with Gasteiger partial charge in [0.15, 0.2) is 0 Å². The minimum atomic E-state index is -0.969. The van der Waals surface area contributed by atoms with Crippen molar-refractivity contribution in [3.63, 3.8) is 0 Å². The molecule has 0 aromatic heterocycles. The van der Waals surface area contributed by atoms with Gasteiger partial charge in [-0.2, -0.15) is 0 Å². The second-order valence-electron chi connectivity index (χ2n) is 4.17. The Hall–Kier alpha value is -0.573. The standard InChI is InChI=1S/C9H18O2Si/c1-12(2,3)8-6-4-5-7-9(10)11/h4,6H,5,7-8H2,1-3H3,(H,10,11)/b6-4-. The van der Waals surface area contributed by atoms with Crippen molar-refractivity contribution in [2.45, 2.75) is 38.5 Å². The Kier molecular flexibility index (Phi) is 4.89. The number of carbonyl (C=O) groups is 1. The molecule has 0 heterocycles. The average Bonchev–Trinajstić information content (AvgIpc) is 1.83. The third-order valence-corrected chi connectivity index (χ3v) is 2.88. The molecule has 0 radical (unpaired) electrons. The zero-order valence-electron chi connectivity index (χ0n) is 8.13. The van der Waals surface area contributed by atoms with E-state index in [0.717, 1.165) is 6.04 Å². The highest BCUT2D eigenvalue weighted by atomic mass is 28.3. The Labute approximate surface area is 75.3 Å². The Bertz CT molecular complexity index is 168. The first-order chi connectivity index (χ1) is 5.42. The molecule has 70 valence electrons. The minimum absolute atomic E-state index is 0.252. The molecule has 0 aromatic carbocycles. The molecule has 0 bridgehead atoms. The van der Waals surface area contributed by atoms with E-state index in [-0.39, 0.29) is 6.42 Å². The third-order valence-electron chi connectivity index (χ3n) is 1.42. The van der Waals surface area contributed by atoms with E-state index >= 15 is 0 Å². The molecule has 0 atom stereocenters. The number of carboxylic acids is 1. The fourth-order valence-electron chi connectivity index (χ4n) is 0.762. The SMILES string of the molecule is C[Si](C)(C)C/C=C\CCC(=O)O. The van der Waals surface area contributed by atoms with Gasteiger partial charge in [-0.1, -0.05) is 31.8 Å². The molecule has 0 aliphatic rings. The van der Waals surface area contributed by atoms with Crippen LogP contribution >= 0.6 is 0 Å². The molecular weight excluding hydrogens is 168 g/mol. The molecule has 12 heavy (non-hydrogen) atoms. The fraction of sp³-hybridized carbons (Fsp3) is 0.667. The Morgan fingerprint density at radius 1 is 1.33 bits per heavy atom. The van der Waals surface area contributed by atoms with Gasteiger partial charge in [0.1, 0.15) is 0 Å². The lowest BCUT2D eigenvalue weighted by Crippen LogP contribution is -2.17. The van der Waals surface area contributed by atoms with E-state index < -0.39 is 14.0 Å². The van der Waals surface area contributed by atoms with Crippen molar-refractivity contribution in [2.24, 2.45) is 0 Å². The number of hydrogen-bond donors (Lipinski definition) is 1. The first kappa shape index (κ1) is 11.4. The largest absolute Gasteiger partial charge is 0.481 e. The smallest absolute Gasteiger partial charge is 0.303 e. The maximum atomic E-state index is 10.1. The lowest BCUT2D eigenvalue weighted by atomic mass is 10.3. The van der Waals surface area contributed by atoms with Gasteiger partial charge in [-0.25, -0.2) is 0 Å². The Morgan fingerprint density at radius 2 is 1.92 bits per heavy atom. The minimum Gasteiger partial charge on any atom is -0.481 e. The number of carboxylic acid groups (broad SMARTS) is 1. The molecule has 0 aliphatic heterocycles. The van der Waals surface area contributed by atoms with Gasteiger partial charge in [0.25, 0.3) is 0 Å². The molecule has 0 amide bonds. The highest BCUT2D eigenvalue weighted by molar-refractivity contribution is 6.76. The number of allylic oxidation sites excluding steroid dienone is 2. The van der Waals surface area contributed by atoms with Crippen LogP contribution in [0.1, 0.15) is 12.8 Å². The van der Waals surface area contributed by atoms with Crippen LogP contribution in [0, 0.1) is 0 Å². The second kappa shape index (κ2) is 5.14. The summed E-state index contributed by atoms with van der Waals surface area (Å²) in [5, 5.41) is 8.35. The lowest BCUT2D eigenvalue weighted by Gasteiger charge is -2.11. The highest BCUT2D eigenvalue weighted by Crippen LogP contribution is 2.08. The van der Waals surface area contributed by atoms with Crippen molar-refractivity contribution in [2.75, 3.05) is 0 Å². The summed E-state index contributed by atoms with van der Waals surface area (Å²) in [6.45, 7) is 6.90. The van der Waals surface area contributed by atoms with Crippen LogP contribution in [0.5, 0.6) is 0 Å². The molecule has 2 nitrogen and oxygen atoms in total. The van der Waals surface area contributed by atoms with Gasteiger partial charge in [0.05, 0.1) is 0 Å². The molecule has 0 unspecified atom stereocenters. The number of hydrogen-bond acceptors (Lipinski definition) is 1. The number of rotatable bonds is 5. The van der Waals surface area contributed by atoms with Gasteiger partial charge in [-0.3, -0.25) is 4.79 Å². The average molecular weight is 186 g/mol. The van der Waals surface area contributed by atoms with Gasteiger partial charge in [0.2, 0.25) is 0 Å². The van der Waals surface area contributed by atoms with Gasteiger partial charge >= 0.3 is 5.97 Å². The van der Waals surface area contributed by atoms with Crippen LogP contribution in [-0.2, 0) is 4.79 Å². The summed E-state index contributed by atoms with van der Waals surface area (Å²) >= 11 is 0. The molecule has 1 N–H and O–H groups in total. The summed E-state index contributed by atoms with van der Waals surface area (Å²) in [5.74, 6) is -0.715. The van der Waals surface area contributed by atoms with Gasteiger partial charge < -0.3 is 5.11 Å². The predicted molar refractivity (Wildman–Crippen MR) is 54.2 cm³/mol. The summed E-state index contributed by atoms with van der Waals surface area (Å²) in [5.41, 5.74) is 0. The second-order valence-corrected chi connectivity index (χ2v) is 9.70. The monoisotopic (exact) mass is 186 g/mol. The zero-order chi connectivity index (χ0) is 9.61. The van der Waals surface area contributed by atoms with E-state index in [0.29, 0.717) is 6.42 Å². The van der Waals surface area contributed by atoms with Gasteiger partial charge in [-0.15, -0.1) is 0 Å². The zero-order valence-corrected chi connectivity index (χ0v) is 9.13. The third kappa shape index (κ3) is 9.43. The Balaban J connectivity index is 3.45. The maximum absolute atomic E-state index is 10.1. The van der Waals surface area contributed by atoms with Crippen LogP contribution in [0.15, 0.2) is 12.2 Å². The summed E-state index contributed by atoms with van der Waals surface area (Å²) in [4.78, 5) is 10.1. The summed E-state index contributed by atoms with van der Waals surface area (Å²) < 4.78 is 0. The molecule has 0 aromatic rings. The van der Waals surface area contributed by atoms with Gasteiger partial charge in [0, 0.05) is 14.5 Å². The first-order valence-corrected chi connectivity index (χ1v) is 7.99. The molecule has 3 heteroatoms. The van der Waals surface area contributed by atoms with E-state index in [9.17, 15) is 4.79 Å². The van der Waals surface area contributed by atoms with E-state index in [1.165, 1.54) is 0 Å². The van der Waals surface area contributed by atoms with E-state index in [1.807, 2.05) is 6.08 Å². The molecule has 0 saturated heterocycles. The molecule has 0 spiro atoms. The maximum Gasteiger partial charge on any atom is 0.303 e. The van der Waals surface area contributed by atoms with Crippen LogP contribution in [-0.4, -0.2) is 19.1 Å². The van der Waals surface area contributed by atoms with E-state index in [2.05, 4.69) is 25.7 Å². The van der Waals surface area contributed by atoms with Crippen molar-refractivity contribution in [3.8, 4) is 0 Å². The molecule has 0 aliphatic carbocycles. The van der Waals surface area contributed by atoms with Crippen molar-refractivity contribution < 1.29 is 9.90 Å². The molecular formula is C9H18O2Si. The molecule has 0 rings (SSSR count). The normalized spacial score (nSPS) is 12.2. The van der Waals surface area contributed by atoms with Crippen LogP contribution in [0.3, 0.4) is 0 Å². The van der Waals surface area contributed by atoms with E-state index in [1.54, 1.807) is 0 Å². The highest BCUT2D eigenvalue weighted by Gasteiger charge is 2.09. The Morgan fingerprint density at radius 3 is 2.33 bits per heavy atom. The van der Waals surface area contributed by atoms with Crippen LogP contribution in [0.2, 0.25) is 25.7 Å². The number of aliphatic carboxylic acids is 1. The summed E-state index contributed by atoms with van der Waals surface area (Å²) in [6, 6.07) is 1.15. The van der Waals surface area contributed by atoms with Crippen molar-refractivity contribution in [3.05, 3.63) is 12.2 Å². The van der Waals surface area contributed by atoms with Crippen molar-refractivity contribution in [1.29, 1.82) is 0 Å². The van der Waals surface area contributed by atoms with Crippen LogP contribution < -0.4 is 0 Å². The topological polar surface area (TPSA) is 37.3 Å². The molecule has 0 saturated carbocycles. The molecule has 0 fully saturated rings. The lowest BCUT2D eigenvalue weighted by molar-refractivity contribution is -0.136. The predicted octanol–water partition coefficient (Wildman–Crippen LogP) is 2.75. The fourth-order valence-corrected chi connectivity index (χ4v) is 1.64. The van der Waals surface area contributed by atoms with Gasteiger partial charge in [-0.05, 0) is 12.5 Å². The van der Waals surface area contributed by atoms with Crippen molar-refractivity contribution in [1.82, 2.24) is 0 Å². The summed E-state index contributed by atoms with van der Waals surface area (Å²) in [6.07, 6.45) is 5.02. The van der Waals surface area contributed by atoms with Crippen LogP contribution in [0.25, 0.3) is 0 Å².